The number of aliphatic hydroxyl groups is 1. The Morgan fingerprint density at radius 2 is 2.20 bits per heavy atom. The van der Waals surface area contributed by atoms with Crippen molar-refractivity contribution < 1.29 is 19.8 Å². The van der Waals surface area contributed by atoms with Gasteiger partial charge in [-0.3, -0.25) is 0 Å². The lowest BCUT2D eigenvalue weighted by molar-refractivity contribution is 0.0696. The molecule has 108 valence electrons. The number of hydrogen-bond donors (Lipinski definition) is 3. The molecule has 0 spiro atoms. The number of nitrogens with one attached hydrogen (secondary N) is 1. The smallest absolute Gasteiger partial charge is 0.335 e. The number of rotatable bonds is 3. The fraction of sp³-hybridized carbons (Fsp3) is 0.429. The van der Waals surface area contributed by atoms with Crippen LogP contribution >= 0.6 is 0 Å². The largest absolute Gasteiger partial charge is 0.478 e. The zero-order valence-electron chi connectivity index (χ0n) is 11.3. The molecule has 1 unspecified atom stereocenters. The first-order valence-electron chi connectivity index (χ1n) is 6.55. The summed E-state index contributed by atoms with van der Waals surface area (Å²) in [5.41, 5.74) is 1.37. The highest BCUT2D eigenvalue weighted by Gasteiger charge is 2.28. The topological polar surface area (TPSA) is 89.9 Å². The van der Waals surface area contributed by atoms with Gasteiger partial charge >= 0.3 is 12.0 Å². The van der Waals surface area contributed by atoms with Crippen LogP contribution in [-0.2, 0) is 0 Å². The summed E-state index contributed by atoms with van der Waals surface area (Å²) in [7, 11) is 0. The fourth-order valence-corrected chi connectivity index (χ4v) is 2.47. The van der Waals surface area contributed by atoms with E-state index in [4.69, 9.17) is 5.11 Å². The molecule has 6 heteroatoms. The quantitative estimate of drug-likeness (QED) is 0.784. The van der Waals surface area contributed by atoms with E-state index in [1.165, 1.54) is 6.07 Å². The Bertz CT molecular complexity index is 530. The molecule has 0 bridgehead atoms. The van der Waals surface area contributed by atoms with E-state index in [1.54, 1.807) is 24.0 Å². The van der Waals surface area contributed by atoms with E-state index in [1.807, 2.05) is 0 Å². The van der Waals surface area contributed by atoms with E-state index in [0.29, 0.717) is 17.8 Å². The van der Waals surface area contributed by atoms with Crippen molar-refractivity contribution >= 4 is 17.7 Å². The first-order chi connectivity index (χ1) is 9.52. The third-order valence-electron chi connectivity index (χ3n) is 3.56. The van der Waals surface area contributed by atoms with Gasteiger partial charge in [-0.15, -0.1) is 0 Å². The van der Waals surface area contributed by atoms with E-state index in [9.17, 15) is 14.7 Å². The van der Waals surface area contributed by atoms with Crippen molar-refractivity contribution in [1.29, 1.82) is 0 Å². The molecule has 1 aliphatic rings. The zero-order valence-corrected chi connectivity index (χ0v) is 11.3. The van der Waals surface area contributed by atoms with Crippen molar-refractivity contribution in [3.05, 3.63) is 29.3 Å². The number of carbonyl (C=O) groups excluding carboxylic acids is 1. The summed E-state index contributed by atoms with van der Waals surface area (Å²) in [6, 6.07) is 4.28. The maximum absolute atomic E-state index is 12.1. The van der Waals surface area contributed by atoms with Gasteiger partial charge in [0.1, 0.15) is 0 Å². The summed E-state index contributed by atoms with van der Waals surface area (Å²) < 4.78 is 0. The standard InChI is InChI=1S/C14H18N2O4/c1-9-7-10(4-5-12(9)13(18)19)15-14(20)16-6-2-3-11(16)8-17/h4-5,7,11,17H,2-3,6,8H2,1H3,(H,15,20)(H,18,19). The summed E-state index contributed by atoms with van der Waals surface area (Å²) in [5.74, 6) is -0.986. The van der Waals surface area contributed by atoms with Crippen molar-refractivity contribution in [2.75, 3.05) is 18.5 Å². The molecule has 1 aliphatic heterocycles. The maximum atomic E-state index is 12.1. The van der Waals surface area contributed by atoms with E-state index < -0.39 is 5.97 Å². The Morgan fingerprint density at radius 1 is 1.45 bits per heavy atom. The van der Waals surface area contributed by atoms with E-state index in [2.05, 4.69) is 5.32 Å². The van der Waals surface area contributed by atoms with Crippen LogP contribution < -0.4 is 5.32 Å². The highest BCUT2D eigenvalue weighted by molar-refractivity contribution is 5.93. The summed E-state index contributed by atoms with van der Waals surface area (Å²) in [6.07, 6.45) is 1.69. The second-order valence-corrected chi connectivity index (χ2v) is 4.94. The number of carboxylic acids is 1. The van der Waals surface area contributed by atoms with Crippen molar-refractivity contribution in [2.45, 2.75) is 25.8 Å². The molecule has 3 N–H and O–H groups in total. The van der Waals surface area contributed by atoms with E-state index in [0.717, 1.165) is 12.8 Å². The Kier molecular flexibility index (Phi) is 4.24. The Labute approximate surface area is 117 Å². The van der Waals surface area contributed by atoms with Crippen LogP contribution in [0.5, 0.6) is 0 Å². The van der Waals surface area contributed by atoms with Crippen molar-refractivity contribution in [1.82, 2.24) is 4.90 Å². The lowest BCUT2D eigenvalue weighted by atomic mass is 10.1. The first kappa shape index (κ1) is 14.3. The fourth-order valence-electron chi connectivity index (χ4n) is 2.47. The molecule has 0 aromatic heterocycles. The molecule has 0 saturated carbocycles. The van der Waals surface area contributed by atoms with Gasteiger partial charge in [-0.05, 0) is 43.5 Å². The lowest BCUT2D eigenvalue weighted by Crippen LogP contribution is -2.40. The molecule has 20 heavy (non-hydrogen) atoms. The minimum atomic E-state index is -0.986. The van der Waals surface area contributed by atoms with Gasteiger partial charge in [0.2, 0.25) is 0 Å². The number of carboxylic acid groups (broad SMARTS) is 1. The first-order valence-corrected chi connectivity index (χ1v) is 6.55. The molecule has 2 amide bonds. The van der Waals surface area contributed by atoms with Gasteiger partial charge in [0.25, 0.3) is 0 Å². The van der Waals surface area contributed by atoms with Gasteiger partial charge in [0, 0.05) is 12.2 Å². The van der Waals surface area contributed by atoms with Crippen LogP contribution in [-0.4, -0.2) is 46.3 Å². The molecule has 1 aromatic rings. The van der Waals surface area contributed by atoms with Gasteiger partial charge in [0.15, 0.2) is 0 Å². The number of nitrogens with zero attached hydrogens (tertiary/aromatic N) is 1. The number of carbonyl (C=O) groups is 2. The zero-order chi connectivity index (χ0) is 14.7. The van der Waals surface area contributed by atoms with Gasteiger partial charge in [-0.2, -0.15) is 0 Å². The van der Waals surface area contributed by atoms with Gasteiger partial charge < -0.3 is 20.4 Å². The Morgan fingerprint density at radius 3 is 2.80 bits per heavy atom. The summed E-state index contributed by atoms with van der Waals surface area (Å²) in [5, 5.41) is 20.9. The molecule has 0 radical (unpaired) electrons. The molecular formula is C14H18N2O4. The highest BCUT2D eigenvalue weighted by atomic mass is 16.4. The number of urea groups is 1. The number of aliphatic hydroxyl groups excluding tert-OH is 1. The van der Waals surface area contributed by atoms with E-state index >= 15 is 0 Å². The third-order valence-corrected chi connectivity index (χ3v) is 3.56. The van der Waals surface area contributed by atoms with E-state index in [-0.39, 0.29) is 24.2 Å². The average Bonchev–Trinajstić information content (AvgIpc) is 2.86. The summed E-state index contributed by atoms with van der Waals surface area (Å²) in [4.78, 5) is 24.6. The molecule has 1 atom stereocenters. The monoisotopic (exact) mass is 278 g/mol. The average molecular weight is 278 g/mol. The number of likely N-dealkylation sites (tertiary alicyclic amines) is 1. The van der Waals surface area contributed by atoms with Crippen LogP contribution in [0.1, 0.15) is 28.8 Å². The van der Waals surface area contributed by atoms with Crippen LogP contribution in [0.3, 0.4) is 0 Å². The van der Waals surface area contributed by atoms with Crippen LogP contribution in [0, 0.1) is 6.92 Å². The second-order valence-electron chi connectivity index (χ2n) is 4.94. The molecular weight excluding hydrogens is 260 g/mol. The van der Waals surface area contributed by atoms with Gasteiger partial charge in [0.05, 0.1) is 18.2 Å². The number of aromatic carboxylic acids is 1. The molecule has 6 nitrogen and oxygen atoms in total. The lowest BCUT2D eigenvalue weighted by Gasteiger charge is -2.23. The molecule has 1 aromatic carbocycles. The molecule has 1 heterocycles. The number of amides is 2. The number of aryl methyl sites for hydroxylation is 1. The minimum Gasteiger partial charge on any atom is -0.478 e. The van der Waals surface area contributed by atoms with Crippen molar-refractivity contribution in [2.24, 2.45) is 0 Å². The number of hydrogen-bond acceptors (Lipinski definition) is 3. The SMILES string of the molecule is Cc1cc(NC(=O)N2CCCC2CO)ccc1C(=O)O. The molecule has 0 aliphatic carbocycles. The Hall–Kier alpha value is -2.08. The highest BCUT2D eigenvalue weighted by Crippen LogP contribution is 2.20. The van der Waals surface area contributed by atoms with Crippen LogP contribution in [0.15, 0.2) is 18.2 Å². The Balaban J connectivity index is 2.08. The van der Waals surface area contributed by atoms with Crippen molar-refractivity contribution in [3.63, 3.8) is 0 Å². The van der Waals surface area contributed by atoms with Crippen LogP contribution in [0.4, 0.5) is 10.5 Å². The van der Waals surface area contributed by atoms with Crippen LogP contribution in [0.25, 0.3) is 0 Å². The summed E-state index contributed by atoms with van der Waals surface area (Å²) >= 11 is 0. The second kappa shape index (κ2) is 5.92. The van der Waals surface area contributed by atoms with Crippen molar-refractivity contribution in [3.8, 4) is 0 Å². The van der Waals surface area contributed by atoms with Crippen LogP contribution in [0.2, 0.25) is 0 Å². The normalized spacial score (nSPS) is 18.1. The minimum absolute atomic E-state index is 0.0373. The predicted molar refractivity (Wildman–Crippen MR) is 74.0 cm³/mol. The summed E-state index contributed by atoms with van der Waals surface area (Å²) in [6.45, 7) is 2.28. The maximum Gasteiger partial charge on any atom is 0.335 e. The van der Waals surface area contributed by atoms with Gasteiger partial charge in [-0.25, -0.2) is 9.59 Å². The number of anilines is 1. The molecule has 1 saturated heterocycles. The number of benzene rings is 1. The van der Waals surface area contributed by atoms with Gasteiger partial charge in [-0.1, -0.05) is 0 Å². The molecule has 1 fully saturated rings. The third kappa shape index (κ3) is 2.91. The molecule has 2 rings (SSSR count). The predicted octanol–water partition coefficient (Wildman–Crippen LogP) is 1.68.